The number of likely N-dealkylation sites (N-methyl/N-ethyl adjacent to an activating group) is 1. The van der Waals surface area contributed by atoms with E-state index in [1.54, 1.807) is 21.3 Å². The fourth-order valence-corrected chi connectivity index (χ4v) is 2.83. The smallest absolute Gasteiger partial charge is 0.238 e. The van der Waals surface area contributed by atoms with Crippen molar-refractivity contribution in [2.75, 3.05) is 39.7 Å². The second-order valence-electron chi connectivity index (χ2n) is 6.24. The van der Waals surface area contributed by atoms with Crippen LogP contribution in [0.1, 0.15) is 18.1 Å². The Balaban J connectivity index is 2.04. The SMILES string of the molecule is CCN(CC(=O)Nc1cc(C)ccc1OC)Cc1ccc(OC)c(OC)c1. The number of nitrogens with one attached hydrogen (secondary N) is 1. The van der Waals surface area contributed by atoms with Crippen molar-refractivity contribution >= 4 is 11.6 Å². The molecule has 0 fully saturated rings. The number of rotatable bonds is 9. The summed E-state index contributed by atoms with van der Waals surface area (Å²) >= 11 is 0. The molecule has 0 aliphatic heterocycles. The van der Waals surface area contributed by atoms with Crippen molar-refractivity contribution in [3.63, 3.8) is 0 Å². The monoisotopic (exact) mass is 372 g/mol. The van der Waals surface area contributed by atoms with E-state index in [-0.39, 0.29) is 12.5 Å². The number of hydrogen-bond acceptors (Lipinski definition) is 5. The van der Waals surface area contributed by atoms with Crippen molar-refractivity contribution in [3.8, 4) is 17.2 Å². The fraction of sp³-hybridized carbons (Fsp3) is 0.381. The number of nitrogens with zero attached hydrogens (tertiary/aromatic N) is 1. The van der Waals surface area contributed by atoms with Crippen LogP contribution < -0.4 is 19.5 Å². The van der Waals surface area contributed by atoms with Gasteiger partial charge in [0, 0.05) is 6.54 Å². The molecule has 0 unspecified atom stereocenters. The molecule has 6 nitrogen and oxygen atoms in total. The third-order valence-electron chi connectivity index (χ3n) is 4.30. The lowest BCUT2D eigenvalue weighted by atomic mass is 10.2. The summed E-state index contributed by atoms with van der Waals surface area (Å²) in [6, 6.07) is 11.5. The molecule has 146 valence electrons. The topological polar surface area (TPSA) is 60.0 Å². The zero-order chi connectivity index (χ0) is 19.8. The molecule has 0 bridgehead atoms. The van der Waals surface area contributed by atoms with Crippen molar-refractivity contribution in [1.82, 2.24) is 4.90 Å². The van der Waals surface area contributed by atoms with Crippen LogP contribution in [0, 0.1) is 6.92 Å². The summed E-state index contributed by atoms with van der Waals surface area (Å²) < 4.78 is 15.9. The van der Waals surface area contributed by atoms with Gasteiger partial charge in [0.05, 0.1) is 33.6 Å². The van der Waals surface area contributed by atoms with E-state index in [9.17, 15) is 4.79 Å². The summed E-state index contributed by atoms with van der Waals surface area (Å²) in [6.45, 7) is 5.66. The summed E-state index contributed by atoms with van der Waals surface area (Å²) in [6.07, 6.45) is 0. The number of hydrogen-bond donors (Lipinski definition) is 1. The molecular weight excluding hydrogens is 344 g/mol. The summed E-state index contributed by atoms with van der Waals surface area (Å²) in [5.41, 5.74) is 2.80. The van der Waals surface area contributed by atoms with Crippen LogP contribution in [0.25, 0.3) is 0 Å². The van der Waals surface area contributed by atoms with Crippen LogP contribution >= 0.6 is 0 Å². The van der Waals surface area contributed by atoms with Gasteiger partial charge in [-0.05, 0) is 48.9 Å². The number of ether oxygens (including phenoxy) is 3. The van der Waals surface area contributed by atoms with Gasteiger partial charge in [0.1, 0.15) is 5.75 Å². The van der Waals surface area contributed by atoms with E-state index in [2.05, 4.69) is 10.2 Å². The number of carbonyl (C=O) groups excluding carboxylic acids is 1. The Kier molecular flexibility index (Phi) is 7.49. The molecule has 0 spiro atoms. The molecule has 0 aliphatic rings. The Labute approximate surface area is 161 Å². The first-order chi connectivity index (χ1) is 13.0. The van der Waals surface area contributed by atoms with Crippen molar-refractivity contribution in [2.45, 2.75) is 20.4 Å². The zero-order valence-corrected chi connectivity index (χ0v) is 16.7. The van der Waals surface area contributed by atoms with E-state index in [1.807, 2.05) is 50.2 Å². The number of benzene rings is 2. The average molecular weight is 372 g/mol. The van der Waals surface area contributed by atoms with E-state index in [4.69, 9.17) is 14.2 Å². The fourth-order valence-electron chi connectivity index (χ4n) is 2.83. The Bertz CT molecular complexity index is 777. The Morgan fingerprint density at radius 3 is 2.26 bits per heavy atom. The van der Waals surface area contributed by atoms with Crippen molar-refractivity contribution < 1.29 is 19.0 Å². The molecule has 2 aromatic carbocycles. The second-order valence-corrected chi connectivity index (χ2v) is 6.24. The highest BCUT2D eigenvalue weighted by Gasteiger charge is 2.13. The van der Waals surface area contributed by atoms with Gasteiger partial charge in [0.2, 0.25) is 5.91 Å². The molecule has 0 saturated heterocycles. The van der Waals surface area contributed by atoms with E-state index >= 15 is 0 Å². The first kappa shape index (κ1) is 20.6. The van der Waals surface area contributed by atoms with Gasteiger partial charge in [-0.3, -0.25) is 9.69 Å². The highest BCUT2D eigenvalue weighted by atomic mass is 16.5. The molecule has 27 heavy (non-hydrogen) atoms. The predicted molar refractivity (Wildman–Crippen MR) is 107 cm³/mol. The first-order valence-corrected chi connectivity index (χ1v) is 8.88. The molecule has 2 rings (SSSR count). The lowest BCUT2D eigenvalue weighted by Gasteiger charge is -2.21. The second kappa shape index (κ2) is 9.83. The molecule has 1 N–H and O–H groups in total. The number of methoxy groups -OCH3 is 3. The van der Waals surface area contributed by atoms with E-state index < -0.39 is 0 Å². The summed E-state index contributed by atoms with van der Waals surface area (Å²) in [7, 11) is 4.82. The lowest BCUT2D eigenvalue weighted by molar-refractivity contribution is -0.117. The largest absolute Gasteiger partial charge is 0.495 e. The molecule has 0 aliphatic carbocycles. The minimum Gasteiger partial charge on any atom is -0.495 e. The van der Waals surface area contributed by atoms with Gasteiger partial charge in [-0.25, -0.2) is 0 Å². The van der Waals surface area contributed by atoms with Gasteiger partial charge in [-0.2, -0.15) is 0 Å². The van der Waals surface area contributed by atoms with Gasteiger partial charge in [0.25, 0.3) is 0 Å². The molecule has 6 heteroatoms. The molecule has 0 aromatic heterocycles. The van der Waals surface area contributed by atoms with Crippen LogP contribution in [0.2, 0.25) is 0 Å². The molecule has 0 radical (unpaired) electrons. The van der Waals surface area contributed by atoms with Crippen LogP contribution in [-0.4, -0.2) is 45.2 Å². The van der Waals surface area contributed by atoms with E-state index in [1.165, 1.54) is 0 Å². The van der Waals surface area contributed by atoms with Gasteiger partial charge in [-0.15, -0.1) is 0 Å². The Hall–Kier alpha value is -2.73. The minimum atomic E-state index is -0.0822. The molecule has 2 aromatic rings. The molecular formula is C21H28N2O4. The Morgan fingerprint density at radius 1 is 0.963 bits per heavy atom. The normalized spacial score (nSPS) is 10.6. The number of anilines is 1. The third kappa shape index (κ3) is 5.62. The van der Waals surface area contributed by atoms with Crippen LogP contribution in [0.5, 0.6) is 17.2 Å². The van der Waals surface area contributed by atoms with Crippen molar-refractivity contribution in [3.05, 3.63) is 47.5 Å². The van der Waals surface area contributed by atoms with Gasteiger partial charge in [0.15, 0.2) is 11.5 Å². The summed E-state index contributed by atoms with van der Waals surface area (Å²) in [5.74, 6) is 1.94. The molecule has 0 saturated carbocycles. The Morgan fingerprint density at radius 2 is 1.63 bits per heavy atom. The summed E-state index contributed by atoms with van der Waals surface area (Å²) in [5, 5.41) is 2.94. The predicted octanol–water partition coefficient (Wildman–Crippen LogP) is 3.48. The minimum absolute atomic E-state index is 0.0822. The third-order valence-corrected chi connectivity index (χ3v) is 4.30. The van der Waals surface area contributed by atoms with Gasteiger partial charge < -0.3 is 19.5 Å². The highest BCUT2D eigenvalue weighted by Crippen LogP contribution is 2.28. The maximum absolute atomic E-state index is 12.5. The molecule has 0 heterocycles. The number of amides is 1. The summed E-state index contributed by atoms with van der Waals surface area (Å²) in [4.78, 5) is 14.6. The van der Waals surface area contributed by atoms with Crippen LogP contribution in [0.4, 0.5) is 5.69 Å². The van der Waals surface area contributed by atoms with Crippen molar-refractivity contribution in [2.24, 2.45) is 0 Å². The van der Waals surface area contributed by atoms with Gasteiger partial charge in [-0.1, -0.05) is 19.1 Å². The molecule has 0 atom stereocenters. The number of carbonyl (C=O) groups is 1. The zero-order valence-electron chi connectivity index (χ0n) is 16.7. The number of aryl methyl sites for hydroxylation is 1. The highest BCUT2D eigenvalue weighted by molar-refractivity contribution is 5.93. The van der Waals surface area contributed by atoms with Gasteiger partial charge >= 0.3 is 0 Å². The quantitative estimate of drug-likeness (QED) is 0.730. The van der Waals surface area contributed by atoms with E-state index in [0.29, 0.717) is 29.5 Å². The standard InChI is InChI=1S/C21H28N2O4/c1-6-23(13-16-8-10-19(26-4)20(12-16)27-5)14-21(24)22-17-11-15(2)7-9-18(17)25-3/h7-12H,6,13-14H2,1-5H3,(H,22,24). The van der Waals surface area contributed by atoms with E-state index in [0.717, 1.165) is 17.7 Å². The molecule has 1 amide bonds. The first-order valence-electron chi connectivity index (χ1n) is 8.88. The maximum Gasteiger partial charge on any atom is 0.238 e. The lowest BCUT2D eigenvalue weighted by Crippen LogP contribution is -2.32. The average Bonchev–Trinajstić information content (AvgIpc) is 2.67. The van der Waals surface area contributed by atoms with Crippen LogP contribution in [-0.2, 0) is 11.3 Å². The van der Waals surface area contributed by atoms with Crippen molar-refractivity contribution in [1.29, 1.82) is 0 Å². The maximum atomic E-state index is 12.5. The van der Waals surface area contributed by atoms with Crippen LogP contribution in [0.15, 0.2) is 36.4 Å². The van der Waals surface area contributed by atoms with Crippen LogP contribution in [0.3, 0.4) is 0 Å².